The number of thioether (sulfide) groups is 1. The Morgan fingerprint density at radius 3 is 2.62 bits per heavy atom. The van der Waals surface area contributed by atoms with Crippen LogP contribution in [-0.2, 0) is 5.75 Å². The Balaban J connectivity index is 2.13. The van der Waals surface area contributed by atoms with Crippen LogP contribution in [0.4, 0.5) is 0 Å². The van der Waals surface area contributed by atoms with Crippen LogP contribution < -0.4 is 5.32 Å². The molecule has 3 heteroatoms. The quantitative estimate of drug-likeness (QED) is 0.742. The summed E-state index contributed by atoms with van der Waals surface area (Å²) in [7, 11) is 0. The summed E-state index contributed by atoms with van der Waals surface area (Å²) in [5.41, 5.74) is 1.35. The summed E-state index contributed by atoms with van der Waals surface area (Å²) in [6, 6.07) is 8.74. The number of rotatable bonds is 7. The molecule has 0 radical (unpaired) electrons. The molecular weight excluding hydrogens is 238 g/mol. The van der Waals surface area contributed by atoms with E-state index in [1.165, 1.54) is 17.7 Å². The van der Waals surface area contributed by atoms with E-state index in [-0.39, 0.29) is 0 Å². The molecule has 0 heterocycles. The first-order valence-electron chi connectivity index (χ1n) is 5.78. The standard InChI is InChI=1S/C13H20ClNS/c1-3-15-11(2)8-9-16-10-12-4-6-13(14)7-5-12/h4-7,11,15H,3,8-10H2,1-2H3. The minimum Gasteiger partial charge on any atom is -0.315 e. The van der Waals surface area contributed by atoms with Gasteiger partial charge in [0.05, 0.1) is 0 Å². The summed E-state index contributed by atoms with van der Waals surface area (Å²) in [6.45, 7) is 5.45. The molecule has 1 nitrogen and oxygen atoms in total. The van der Waals surface area contributed by atoms with Crippen molar-refractivity contribution in [3.63, 3.8) is 0 Å². The van der Waals surface area contributed by atoms with Gasteiger partial charge in [0.15, 0.2) is 0 Å². The van der Waals surface area contributed by atoms with Crippen molar-refractivity contribution >= 4 is 23.4 Å². The molecule has 1 N–H and O–H groups in total. The zero-order valence-electron chi connectivity index (χ0n) is 10.0. The molecule has 0 aromatic heterocycles. The van der Waals surface area contributed by atoms with Gasteiger partial charge in [-0.05, 0) is 43.3 Å². The first-order valence-corrected chi connectivity index (χ1v) is 7.31. The van der Waals surface area contributed by atoms with Crippen LogP contribution >= 0.6 is 23.4 Å². The summed E-state index contributed by atoms with van der Waals surface area (Å²) in [5.74, 6) is 2.28. The molecule has 1 aromatic rings. The average Bonchev–Trinajstić information content (AvgIpc) is 2.27. The first-order chi connectivity index (χ1) is 7.72. The van der Waals surface area contributed by atoms with Gasteiger partial charge in [0.25, 0.3) is 0 Å². The van der Waals surface area contributed by atoms with Crippen LogP contribution in [0.25, 0.3) is 0 Å². The van der Waals surface area contributed by atoms with Crippen LogP contribution in [0.1, 0.15) is 25.8 Å². The minimum absolute atomic E-state index is 0.628. The van der Waals surface area contributed by atoms with Gasteiger partial charge in [0.1, 0.15) is 0 Å². The molecule has 0 saturated heterocycles. The van der Waals surface area contributed by atoms with Crippen LogP contribution in [0.15, 0.2) is 24.3 Å². The van der Waals surface area contributed by atoms with Gasteiger partial charge in [-0.15, -0.1) is 0 Å². The molecule has 16 heavy (non-hydrogen) atoms. The Kier molecular flexibility index (Phi) is 6.93. The predicted molar refractivity (Wildman–Crippen MR) is 75.4 cm³/mol. The predicted octanol–water partition coefficient (Wildman–Crippen LogP) is 3.96. The van der Waals surface area contributed by atoms with Crippen LogP contribution in [-0.4, -0.2) is 18.3 Å². The largest absolute Gasteiger partial charge is 0.315 e. The second-order valence-electron chi connectivity index (χ2n) is 3.93. The van der Waals surface area contributed by atoms with E-state index in [0.29, 0.717) is 6.04 Å². The van der Waals surface area contributed by atoms with E-state index in [1.54, 1.807) is 0 Å². The van der Waals surface area contributed by atoms with Gasteiger partial charge in [0, 0.05) is 16.8 Å². The van der Waals surface area contributed by atoms with E-state index < -0.39 is 0 Å². The van der Waals surface area contributed by atoms with Gasteiger partial charge in [-0.3, -0.25) is 0 Å². The molecule has 1 unspecified atom stereocenters. The van der Waals surface area contributed by atoms with Crippen molar-refractivity contribution in [2.45, 2.75) is 32.1 Å². The van der Waals surface area contributed by atoms with E-state index in [2.05, 4.69) is 31.3 Å². The van der Waals surface area contributed by atoms with Gasteiger partial charge in [-0.25, -0.2) is 0 Å². The maximum absolute atomic E-state index is 5.83. The lowest BCUT2D eigenvalue weighted by Gasteiger charge is -2.11. The third-order valence-corrected chi connectivity index (χ3v) is 3.74. The van der Waals surface area contributed by atoms with Crippen molar-refractivity contribution in [2.24, 2.45) is 0 Å². The minimum atomic E-state index is 0.628. The molecule has 0 aliphatic heterocycles. The Hall–Kier alpha value is -0.180. The van der Waals surface area contributed by atoms with Crippen molar-refractivity contribution in [3.8, 4) is 0 Å². The lowest BCUT2D eigenvalue weighted by molar-refractivity contribution is 0.556. The SMILES string of the molecule is CCNC(C)CCSCc1ccc(Cl)cc1. The Labute approximate surface area is 108 Å². The number of hydrogen-bond donors (Lipinski definition) is 1. The molecule has 0 aliphatic rings. The van der Waals surface area contributed by atoms with Gasteiger partial charge in [0.2, 0.25) is 0 Å². The zero-order chi connectivity index (χ0) is 11.8. The summed E-state index contributed by atoms with van der Waals surface area (Å²) < 4.78 is 0. The van der Waals surface area contributed by atoms with Gasteiger partial charge >= 0.3 is 0 Å². The Morgan fingerprint density at radius 2 is 2.00 bits per heavy atom. The van der Waals surface area contributed by atoms with Gasteiger partial charge in [-0.2, -0.15) is 11.8 Å². The van der Waals surface area contributed by atoms with E-state index in [1.807, 2.05) is 23.9 Å². The van der Waals surface area contributed by atoms with Crippen LogP contribution in [0.3, 0.4) is 0 Å². The highest BCUT2D eigenvalue weighted by Gasteiger charge is 1.99. The molecule has 0 fully saturated rings. The van der Waals surface area contributed by atoms with Crippen LogP contribution in [0, 0.1) is 0 Å². The van der Waals surface area contributed by atoms with E-state index in [4.69, 9.17) is 11.6 Å². The fourth-order valence-electron chi connectivity index (χ4n) is 1.48. The second-order valence-corrected chi connectivity index (χ2v) is 5.47. The van der Waals surface area contributed by atoms with Crippen molar-refractivity contribution < 1.29 is 0 Å². The Bertz CT molecular complexity index is 286. The van der Waals surface area contributed by atoms with Gasteiger partial charge in [-0.1, -0.05) is 30.7 Å². The normalized spacial score (nSPS) is 12.7. The third-order valence-electron chi connectivity index (χ3n) is 2.43. The van der Waals surface area contributed by atoms with Gasteiger partial charge < -0.3 is 5.32 Å². The molecule has 1 aromatic carbocycles. The Morgan fingerprint density at radius 1 is 1.31 bits per heavy atom. The van der Waals surface area contributed by atoms with Crippen molar-refractivity contribution in [2.75, 3.05) is 12.3 Å². The first kappa shape index (κ1) is 13.9. The fourth-order valence-corrected chi connectivity index (χ4v) is 2.70. The second kappa shape index (κ2) is 7.99. The number of benzene rings is 1. The molecule has 1 rings (SSSR count). The summed E-state index contributed by atoms with van der Waals surface area (Å²) >= 11 is 7.82. The number of nitrogens with one attached hydrogen (secondary N) is 1. The maximum atomic E-state index is 5.83. The summed E-state index contributed by atoms with van der Waals surface area (Å²) in [6.07, 6.45) is 1.23. The monoisotopic (exact) mass is 257 g/mol. The molecule has 0 spiro atoms. The molecule has 0 saturated carbocycles. The molecule has 1 atom stereocenters. The molecule has 0 bridgehead atoms. The van der Waals surface area contributed by atoms with Crippen molar-refractivity contribution in [3.05, 3.63) is 34.9 Å². The highest BCUT2D eigenvalue weighted by Crippen LogP contribution is 2.16. The third kappa shape index (κ3) is 5.78. The summed E-state index contributed by atoms with van der Waals surface area (Å²) in [5, 5.41) is 4.24. The van der Waals surface area contributed by atoms with Crippen LogP contribution in [0.5, 0.6) is 0 Å². The number of hydrogen-bond acceptors (Lipinski definition) is 2. The molecule has 0 amide bonds. The summed E-state index contributed by atoms with van der Waals surface area (Å²) in [4.78, 5) is 0. The van der Waals surface area contributed by atoms with E-state index in [9.17, 15) is 0 Å². The van der Waals surface area contributed by atoms with E-state index in [0.717, 1.165) is 17.3 Å². The van der Waals surface area contributed by atoms with Crippen LogP contribution in [0.2, 0.25) is 5.02 Å². The highest BCUT2D eigenvalue weighted by molar-refractivity contribution is 7.98. The maximum Gasteiger partial charge on any atom is 0.0406 e. The lowest BCUT2D eigenvalue weighted by Crippen LogP contribution is -2.25. The average molecular weight is 258 g/mol. The molecular formula is C13H20ClNS. The lowest BCUT2D eigenvalue weighted by atomic mass is 10.2. The zero-order valence-corrected chi connectivity index (χ0v) is 11.6. The molecule has 90 valence electrons. The highest BCUT2D eigenvalue weighted by atomic mass is 35.5. The fraction of sp³-hybridized carbons (Fsp3) is 0.538. The number of halogens is 1. The topological polar surface area (TPSA) is 12.0 Å². The van der Waals surface area contributed by atoms with Crippen molar-refractivity contribution in [1.29, 1.82) is 0 Å². The smallest absolute Gasteiger partial charge is 0.0406 e. The van der Waals surface area contributed by atoms with E-state index >= 15 is 0 Å². The van der Waals surface area contributed by atoms with Crippen molar-refractivity contribution in [1.82, 2.24) is 5.32 Å². The molecule has 0 aliphatic carbocycles.